The van der Waals surface area contributed by atoms with Crippen molar-refractivity contribution in [3.63, 3.8) is 0 Å². The van der Waals surface area contributed by atoms with Gasteiger partial charge in [0.05, 0.1) is 6.54 Å². The zero-order chi connectivity index (χ0) is 16.1. The number of hydrogen-bond donors (Lipinski definition) is 0. The third-order valence-electron chi connectivity index (χ3n) is 3.57. The van der Waals surface area contributed by atoms with Crippen LogP contribution < -0.4 is 0 Å². The average Bonchev–Trinajstić information content (AvgIpc) is 3.11. The molecule has 0 spiro atoms. The average molecular weight is 335 g/mol. The van der Waals surface area contributed by atoms with Crippen molar-refractivity contribution in [2.45, 2.75) is 40.2 Å². The summed E-state index contributed by atoms with van der Waals surface area (Å²) in [5.74, 6) is 0.122. The van der Waals surface area contributed by atoms with Crippen LogP contribution in [0, 0.1) is 13.8 Å². The van der Waals surface area contributed by atoms with Crippen LogP contribution in [0.3, 0.4) is 0 Å². The lowest BCUT2D eigenvalue weighted by atomic mass is 10.1. The Labute approximate surface area is 139 Å². The molecule has 0 aliphatic rings. The molecular formula is C17H21NO2S2. The standard InChI is InChI=1S/C17H21NO2S2/c1-4-18(11-14-6-5-9-21-14)17(20)8-7-16(19)15-10-12(2)22-13(15)3/h5-6,9-10H,4,7-8,11H2,1-3H3. The lowest BCUT2D eigenvalue weighted by molar-refractivity contribution is -0.131. The van der Waals surface area contributed by atoms with E-state index in [1.807, 2.05) is 49.3 Å². The molecule has 118 valence electrons. The Kier molecular flexibility index (Phi) is 5.91. The largest absolute Gasteiger partial charge is 0.338 e. The first kappa shape index (κ1) is 16.9. The van der Waals surface area contributed by atoms with Crippen LogP contribution in [0.25, 0.3) is 0 Å². The molecule has 3 nitrogen and oxygen atoms in total. The van der Waals surface area contributed by atoms with E-state index >= 15 is 0 Å². The fourth-order valence-electron chi connectivity index (χ4n) is 2.39. The number of rotatable bonds is 7. The van der Waals surface area contributed by atoms with Crippen molar-refractivity contribution in [3.8, 4) is 0 Å². The van der Waals surface area contributed by atoms with E-state index in [2.05, 4.69) is 0 Å². The Morgan fingerprint density at radius 1 is 1.23 bits per heavy atom. The number of Topliss-reactive ketones (excluding diaryl/α,β-unsaturated/α-hetero) is 1. The predicted octanol–water partition coefficient (Wildman–Crippen LogP) is 4.44. The van der Waals surface area contributed by atoms with Crippen LogP contribution in [-0.4, -0.2) is 23.1 Å². The highest BCUT2D eigenvalue weighted by atomic mass is 32.1. The molecule has 2 aromatic rings. The maximum atomic E-state index is 12.3. The van der Waals surface area contributed by atoms with Crippen molar-refractivity contribution in [2.24, 2.45) is 0 Å². The monoisotopic (exact) mass is 335 g/mol. The lowest BCUT2D eigenvalue weighted by Gasteiger charge is -2.20. The summed E-state index contributed by atoms with van der Waals surface area (Å²) in [7, 11) is 0. The van der Waals surface area contributed by atoms with E-state index in [0.29, 0.717) is 13.1 Å². The maximum Gasteiger partial charge on any atom is 0.223 e. The molecule has 0 N–H and O–H groups in total. The van der Waals surface area contributed by atoms with Crippen LogP contribution in [-0.2, 0) is 11.3 Å². The van der Waals surface area contributed by atoms with Crippen molar-refractivity contribution >= 4 is 34.4 Å². The Hall–Kier alpha value is -1.46. The number of nitrogens with zero attached hydrogens (tertiary/aromatic N) is 1. The number of thiophene rings is 2. The zero-order valence-corrected chi connectivity index (χ0v) is 14.9. The number of hydrogen-bond acceptors (Lipinski definition) is 4. The topological polar surface area (TPSA) is 37.4 Å². The fraction of sp³-hybridized carbons (Fsp3) is 0.412. The van der Waals surface area contributed by atoms with Gasteiger partial charge in [-0.05, 0) is 38.3 Å². The van der Waals surface area contributed by atoms with Gasteiger partial charge >= 0.3 is 0 Å². The summed E-state index contributed by atoms with van der Waals surface area (Å²) in [5, 5.41) is 2.01. The highest BCUT2D eigenvalue weighted by Gasteiger charge is 2.17. The molecule has 0 atom stereocenters. The molecule has 0 aromatic carbocycles. The fourth-order valence-corrected chi connectivity index (χ4v) is 4.05. The van der Waals surface area contributed by atoms with Gasteiger partial charge < -0.3 is 4.90 Å². The number of carbonyl (C=O) groups is 2. The van der Waals surface area contributed by atoms with Gasteiger partial charge in [0.1, 0.15) is 0 Å². The predicted molar refractivity (Wildman–Crippen MR) is 92.8 cm³/mol. The smallest absolute Gasteiger partial charge is 0.223 e. The first-order valence-electron chi connectivity index (χ1n) is 7.41. The SMILES string of the molecule is CCN(Cc1cccs1)C(=O)CCC(=O)c1cc(C)sc1C. The van der Waals surface area contributed by atoms with Gasteiger partial charge in [-0.2, -0.15) is 0 Å². The second kappa shape index (κ2) is 7.70. The van der Waals surface area contributed by atoms with E-state index in [-0.39, 0.29) is 24.5 Å². The third-order valence-corrected chi connectivity index (χ3v) is 5.40. The third kappa shape index (κ3) is 4.27. The second-order valence-corrected chi connectivity index (χ2v) is 7.73. The van der Waals surface area contributed by atoms with Crippen LogP contribution in [0.1, 0.15) is 44.8 Å². The molecule has 0 aliphatic carbocycles. The molecule has 0 saturated heterocycles. The molecular weight excluding hydrogens is 314 g/mol. The molecule has 2 rings (SSSR count). The number of carbonyl (C=O) groups excluding carboxylic acids is 2. The van der Waals surface area contributed by atoms with Crippen LogP contribution >= 0.6 is 22.7 Å². The van der Waals surface area contributed by atoms with Crippen molar-refractivity contribution in [1.29, 1.82) is 0 Å². The van der Waals surface area contributed by atoms with E-state index in [0.717, 1.165) is 15.3 Å². The molecule has 1 amide bonds. The normalized spacial score (nSPS) is 10.7. The van der Waals surface area contributed by atoms with Gasteiger partial charge in [0.2, 0.25) is 5.91 Å². The molecule has 22 heavy (non-hydrogen) atoms. The molecule has 0 unspecified atom stereocenters. The Morgan fingerprint density at radius 3 is 2.55 bits per heavy atom. The highest BCUT2D eigenvalue weighted by molar-refractivity contribution is 7.12. The molecule has 2 aromatic heterocycles. The van der Waals surface area contributed by atoms with E-state index < -0.39 is 0 Å². The van der Waals surface area contributed by atoms with Gasteiger partial charge in [0.15, 0.2) is 5.78 Å². The van der Waals surface area contributed by atoms with Gasteiger partial charge in [-0.15, -0.1) is 22.7 Å². The summed E-state index contributed by atoms with van der Waals surface area (Å²) in [5.41, 5.74) is 0.775. The zero-order valence-electron chi connectivity index (χ0n) is 13.2. The number of amides is 1. The van der Waals surface area contributed by atoms with E-state index in [4.69, 9.17) is 0 Å². The molecule has 2 heterocycles. The van der Waals surface area contributed by atoms with Crippen LogP contribution in [0.4, 0.5) is 0 Å². The second-order valence-electron chi connectivity index (χ2n) is 5.24. The summed E-state index contributed by atoms with van der Waals surface area (Å²) in [6.07, 6.45) is 0.573. The van der Waals surface area contributed by atoms with Gasteiger partial charge in [-0.25, -0.2) is 0 Å². The Morgan fingerprint density at radius 2 is 2.00 bits per heavy atom. The number of ketones is 1. The van der Waals surface area contributed by atoms with E-state index in [1.54, 1.807) is 22.7 Å². The summed E-state index contributed by atoms with van der Waals surface area (Å²) < 4.78 is 0. The summed E-state index contributed by atoms with van der Waals surface area (Å²) >= 11 is 3.28. The quantitative estimate of drug-likeness (QED) is 0.702. The van der Waals surface area contributed by atoms with Crippen LogP contribution in [0.15, 0.2) is 23.6 Å². The minimum Gasteiger partial charge on any atom is -0.338 e. The molecule has 0 saturated carbocycles. The van der Waals surface area contributed by atoms with Gasteiger partial charge in [-0.3, -0.25) is 9.59 Å². The van der Waals surface area contributed by atoms with E-state index in [1.165, 1.54) is 4.88 Å². The summed E-state index contributed by atoms with van der Waals surface area (Å²) in [6, 6.07) is 5.95. The minimum atomic E-state index is 0.0499. The van der Waals surface area contributed by atoms with Crippen LogP contribution in [0.2, 0.25) is 0 Å². The van der Waals surface area contributed by atoms with Crippen molar-refractivity contribution < 1.29 is 9.59 Å². The molecule has 0 radical (unpaired) electrons. The van der Waals surface area contributed by atoms with Gasteiger partial charge in [0, 0.05) is 39.6 Å². The first-order chi connectivity index (χ1) is 10.5. The van der Waals surface area contributed by atoms with Gasteiger partial charge in [0.25, 0.3) is 0 Å². The highest BCUT2D eigenvalue weighted by Crippen LogP contribution is 2.22. The summed E-state index contributed by atoms with van der Waals surface area (Å²) in [4.78, 5) is 29.7. The number of aryl methyl sites for hydroxylation is 2. The molecule has 0 bridgehead atoms. The molecule has 0 aliphatic heterocycles. The minimum absolute atomic E-state index is 0.0499. The van der Waals surface area contributed by atoms with Crippen molar-refractivity contribution in [2.75, 3.05) is 6.54 Å². The lowest BCUT2D eigenvalue weighted by Crippen LogP contribution is -2.30. The van der Waals surface area contributed by atoms with Gasteiger partial charge in [-0.1, -0.05) is 6.07 Å². The van der Waals surface area contributed by atoms with E-state index in [9.17, 15) is 9.59 Å². The van der Waals surface area contributed by atoms with Crippen molar-refractivity contribution in [3.05, 3.63) is 43.8 Å². The Bertz CT molecular complexity index is 644. The maximum absolute atomic E-state index is 12.3. The molecule has 5 heteroatoms. The Balaban J connectivity index is 1.90. The van der Waals surface area contributed by atoms with Crippen LogP contribution in [0.5, 0.6) is 0 Å². The first-order valence-corrected chi connectivity index (χ1v) is 9.11. The van der Waals surface area contributed by atoms with Crippen molar-refractivity contribution in [1.82, 2.24) is 4.90 Å². The summed E-state index contributed by atoms with van der Waals surface area (Å²) in [6.45, 7) is 7.24. The molecule has 0 fully saturated rings.